The van der Waals surface area contributed by atoms with Crippen LogP contribution in [0.2, 0.25) is 0 Å². The number of hydrogen-bond acceptors (Lipinski definition) is 5. The van der Waals surface area contributed by atoms with Crippen LogP contribution in [0.5, 0.6) is 0 Å². The molecule has 0 bridgehead atoms. The Morgan fingerprint density at radius 2 is 1.77 bits per heavy atom. The van der Waals surface area contributed by atoms with E-state index in [4.69, 9.17) is 0 Å². The van der Waals surface area contributed by atoms with Crippen LogP contribution in [0.15, 0.2) is 48.8 Å². The Morgan fingerprint density at radius 1 is 1.00 bits per heavy atom. The van der Waals surface area contributed by atoms with Crippen molar-refractivity contribution in [2.24, 2.45) is 0 Å². The number of aryl methyl sites for hydroxylation is 3. The van der Waals surface area contributed by atoms with Gasteiger partial charge in [0.1, 0.15) is 5.69 Å². The minimum absolute atomic E-state index is 0.240. The predicted octanol–water partition coefficient (Wildman–Crippen LogP) is 3.47. The second kappa shape index (κ2) is 7.74. The Morgan fingerprint density at radius 3 is 2.50 bits per heavy atom. The summed E-state index contributed by atoms with van der Waals surface area (Å²) in [4.78, 5) is 25.1. The van der Waals surface area contributed by atoms with Crippen molar-refractivity contribution in [3.63, 3.8) is 0 Å². The quantitative estimate of drug-likeness (QED) is 0.739. The Balaban J connectivity index is 1.75. The van der Waals surface area contributed by atoms with Gasteiger partial charge < -0.3 is 10.6 Å². The van der Waals surface area contributed by atoms with E-state index in [1.54, 1.807) is 18.5 Å². The highest BCUT2D eigenvalue weighted by atomic mass is 16.1. The number of amides is 1. The van der Waals surface area contributed by atoms with Gasteiger partial charge >= 0.3 is 0 Å². The molecule has 1 amide bonds. The highest BCUT2D eigenvalue weighted by molar-refractivity contribution is 5.92. The van der Waals surface area contributed by atoms with E-state index < -0.39 is 0 Å². The zero-order valence-corrected chi connectivity index (χ0v) is 15.1. The van der Waals surface area contributed by atoms with E-state index >= 15 is 0 Å². The van der Waals surface area contributed by atoms with Crippen LogP contribution in [0.3, 0.4) is 0 Å². The standard InChI is InChI=1S/C20H21N5O/c1-13-4-5-17(14(2)10-13)24-20-23-15(3)11-18(25-20)19(26)22-12-16-6-8-21-9-7-16/h4-11H,12H2,1-3H3,(H,22,26)(H,23,24,25). The lowest BCUT2D eigenvalue weighted by atomic mass is 10.1. The number of benzene rings is 1. The summed E-state index contributed by atoms with van der Waals surface area (Å²) in [5.41, 5.74) is 5.24. The van der Waals surface area contributed by atoms with Gasteiger partial charge in [0.2, 0.25) is 5.95 Å². The van der Waals surface area contributed by atoms with Crippen LogP contribution in [-0.2, 0) is 6.54 Å². The molecule has 0 fully saturated rings. The van der Waals surface area contributed by atoms with Gasteiger partial charge in [-0.05, 0) is 56.2 Å². The van der Waals surface area contributed by atoms with Crippen LogP contribution >= 0.6 is 0 Å². The fourth-order valence-corrected chi connectivity index (χ4v) is 2.59. The first-order valence-corrected chi connectivity index (χ1v) is 8.38. The van der Waals surface area contributed by atoms with Gasteiger partial charge in [-0.25, -0.2) is 9.97 Å². The van der Waals surface area contributed by atoms with Gasteiger partial charge in [0, 0.05) is 30.3 Å². The number of hydrogen-bond donors (Lipinski definition) is 2. The van der Waals surface area contributed by atoms with Gasteiger partial charge in [0.05, 0.1) is 0 Å². The number of pyridine rings is 1. The summed E-state index contributed by atoms with van der Waals surface area (Å²) in [6.45, 7) is 6.33. The third kappa shape index (κ3) is 4.42. The molecule has 0 saturated carbocycles. The highest BCUT2D eigenvalue weighted by Crippen LogP contribution is 2.19. The molecule has 0 spiro atoms. The summed E-state index contributed by atoms with van der Waals surface area (Å²) < 4.78 is 0. The van der Waals surface area contributed by atoms with Crippen LogP contribution in [0.1, 0.15) is 32.9 Å². The lowest BCUT2D eigenvalue weighted by molar-refractivity contribution is 0.0945. The fraction of sp³-hybridized carbons (Fsp3) is 0.200. The number of carbonyl (C=O) groups excluding carboxylic acids is 1. The minimum atomic E-state index is -0.240. The number of rotatable bonds is 5. The second-order valence-electron chi connectivity index (χ2n) is 6.20. The molecule has 3 rings (SSSR count). The van der Waals surface area contributed by atoms with Gasteiger partial charge in [0.15, 0.2) is 0 Å². The first-order valence-electron chi connectivity index (χ1n) is 8.38. The summed E-state index contributed by atoms with van der Waals surface area (Å²) in [6.07, 6.45) is 3.39. The highest BCUT2D eigenvalue weighted by Gasteiger charge is 2.11. The maximum Gasteiger partial charge on any atom is 0.270 e. The molecule has 0 aliphatic carbocycles. The fourth-order valence-electron chi connectivity index (χ4n) is 2.59. The monoisotopic (exact) mass is 347 g/mol. The Kier molecular flexibility index (Phi) is 5.22. The van der Waals surface area contributed by atoms with Crippen molar-refractivity contribution in [1.82, 2.24) is 20.3 Å². The van der Waals surface area contributed by atoms with Gasteiger partial charge in [-0.15, -0.1) is 0 Å². The Hall–Kier alpha value is -3.28. The van der Waals surface area contributed by atoms with Crippen LogP contribution in [0.4, 0.5) is 11.6 Å². The molecule has 0 aliphatic rings. The lowest BCUT2D eigenvalue weighted by Crippen LogP contribution is -2.24. The molecule has 2 N–H and O–H groups in total. The lowest BCUT2D eigenvalue weighted by Gasteiger charge is -2.11. The third-order valence-electron chi connectivity index (χ3n) is 3.92. The summed E-state index contributed by atoms with van der Waals surface area (Å²) in [7, 11) is 0. The average Bonchev–Trinajstić information content (AvgIpc) is 2.62. The van der Waals surface area contributed by atoms with Gasteiger partial charge in [-0.1, -0.05) is 17.7 Å². The number of nitrogens with zero attached hydrogens (tertiary/aromatic N) is 3. The molecule has 0 radical (unpaired) electrons. The predicted molar refractivity (Wildman–Crippen MR) is 101 cm³/mol. The molecular formula is C20H21N5O. The zero-order valence-electron chi connectivity index (χ0n) is 15.1. The number of carbonyl (C=O) groups is 1. The van der Waals surface area contributed by atoms with Crippen LogP contribution in [0, 0.1) is 20.8 Å². The molecule has 26 heavy (non-hydrogen) atoms. The van der Waals surface area contributed by atoms with E-state index in [9.17, 15) is 4.79 Å². The van der Waals surface area contributed by atoms with E-state index in [0.29, 0.717) is 18.2 Å². The molecule has 2 heterocycles. The minimum Gasteiger partial charge on any atom is -0.347 e. The third-order valence-corrected chi connectivity index (χ3v) is 3.92. The van der Waals surface area contributed by atoms with Crippen molar-refractivity contribution in [1.29, 1.82) is 0 Å². The Labute approximate surface area is 152 Å². The van der Waals surface area contributed by atoms with E-state index in [2.05, 4.69) is 31.7 Å². The molecule has 1 aromatic carbocycles. The molecule has 2 aromatic heterocycles. The molecule has 0 saturated heterocycles. The van der Waals surface area contributed by atoms with Crippen LogP contribution < -0.4 is 10.6 Å². The maximum absolute atomic E-state index is 12.4. The molecule has 3 aromatic rings. The number of aromatic nitrogens is 3. The molecule has 0 aliphatic heterocycles. The first-order chi connectivity index (χ1) is 12.5. The summed E-state index contributed by atoms with van der Waals surface area (Å²) in [6, 6.07) is 11.5. The molecule has 6 heteroatoms. The van der Waals surface area contributed by atoms with Gasteiger partial charge in [0.25, 0.3) is 5.91 Å². The normalized spacial score (nSPS) is 10.4. The van der Waals surface area contributed by atoms with Gasteiger partial charge in [-0.2, -0.15) is 0 Å². The molecule has 0 atom stereocenters. The van der Waals surface area contributed by atoms with E-state index in [0.717, 1.165) is 22.5 Å². The van der Waals surface area contributed by atoms with Gasteiger partial charge in [-0.3, -0.25) is 9.78 Å². The summed E-state index contributed by atoms with van der Waals surface area (Å²) in [5.74, 6) is 0.169. The molecule has 0 unspecified atom stereocenters. The molecule has 132 valence electrons. The van der Waals surface area contributed by atoms with Crippen molar-refractivity contribution in [3.8, 4) is 0 Å². The van der Waals surface area contributed by atoms with Crippen molar-refractivity contribution in [2.75, 3.05) is 5.32 Å². The van der Waals surface area contributed by atoms with Crippen molar-refractivity contribution in [3.05, 3.63) is 76.9 Å². The summed E-state index contributed by atoms with van der Waals surface area (Å²) in [5, 5.41) is 6.07. The number of nitrogens with one attached hydrogen (secondary N) is 2. The summed E-state index contributed by atoms with van der Waals surface area (Å²) >= 11 is 0. The van der Waals surface area contributed by atoms with E-state index in [1.165, 1.54) is 5.56 Å². The maximum atomic E-state index is 12.4. The van der Waals surface area contributed by atoms with E-state index in [-0.39, 0.29) is 5.91 Å². The Bertz CT molecular complexity index is 925. The smallest absolute Gasteiger partial charge is 0.270 e. The SMILES string of the molecule is Cc1ccc(Nc2nc(C)cc(C(=O)NCc3ccncc3)n2)c(C)c1. The van der Waals surface area contributed by atoms with E-state index in [1.807, 2.05) is 45.0 Å². The van der Waals surface area contributed by atoms with Crippen LogP contribution in [0.25, 0.3) is 0 Å². The van der Waals surface area contributed by atoms with Crippen molar-refractivity contribution >= 4 is 17.5 Å². The topological polar surface area (TPSA) is 79.8 Å². The second-order valence-corrected chi connectivity index (χ2v) is 6.20. The van der Waals surface area contributed by atoms with Crippen molar-refractivity contribution < 1.29 is 4.79 Å². The molecule has 6 nitrogen and oxygen atoms in total. The first kappa shape index (κ1) is 17.5. The van der Waals surface area contributed by atoms with Crippen LogP contribution in [-0.4, -0.2) is 20.9 Å². The van der Waals surface area contributed by atoms with Crippen molar-refractivity contribution in [2.45, 2.75) is 27.3 Å². The number of anilines is 2. The average molecular weight is 347 g/mol. The molecular weight excluding hydrogens is 326 g/mol. The zero-order chi connectivity index (χ0) is 18.5. The largest absolute Gasteiger partial charge is 0.347 e.